The van der Waals surface area contributed by atoms with Crippen molar-refractivity contribution in [3.63, 3.8) is 0 Å². The third kappa shape index (κ3) is 8.00. The second-order valence-electron chi connectivity index (χ2n) is 7.30. The summed E-state index contributed by atoms with van der Waals surface area (Å²) < 4.78 is 6.30. The van der Waals surface area contributed by atoms with Gasteiger partial charge in [-0.1, -0.05) is 26.8 Å². The third-order valence-electron chi connectivity index (χ3n) is 4.23. The lowest BCUT2D eigenvalue weighted by atomic mass is 10.1. The van der Waals surface area contributed by atoms with E-state index < -0.39 is 8.32 Å². The Morgan fingerprint density at radius 2 is 1.80 bits per heavy atom. The Hall–Kier alpha value is -0.413. The maximum absolute atomic E-state index is 11.7. The molecule has 0 unspecified atom stereocenters. The molecule has 0 amide bonds. The highest BCUT2D eigenvalue weighted by molar-refractivity contribution is 6.74. The van der Waals surface area contributed by atoms with E-state index >= 15 is 0 Å². The molecule has 0 aliphatic rings. The first-order chi connectivity index (χ1) is 9.10. The zero-order valence-electron chi connectivity index (χ0n) is 14.4. The topological polar surface area (TPSA) is 26.3 Å². The van der Waals surface area contributed by atoms with E-state index in [1.807, 2.05) is 6.08 Å². The number of carbonyl (C=O) groups excluding carboxylic acids is 1. The normalized spacial score (nSPS) is 14.1. The lowest BCUT2D eigenvalue weighted by Gasteiger charge is -2.38. The van der Waals surface area contributed by atoms with E-state index in [0.29, 0.717) is 18.6 Å². The van der Waals surface area contributed by atoms with Crippen molar-refractivity contribution in [2.75, 3.05) is 0 Å². The molecule has 1 atom stereocenters. The first-order valence-corrected chi connectivity index (χ1v) is 10.8. The van der Waals surface area contributed by atoms with Crippen molar-refractivity contribution in [2.45, 2.75) is 90.5 Å². The van der Waals surface area contributed by atoms with Crippen molar-refractivity contribution in [3.8, 4) is 0 Å². The van der Waals surface area contributed by atoms with E-state index in [2.05, 4.69) is 47.4 Å². The second-order valence-corrected chi connectivity index (χ2v) is 12.1. The Morgan fingerprint density at radius 3 is 2.30 bits per heavy atom. The van der Waals surface area contributed by atoms with Crippen molar-refractivity contribution in [3.05, 3.63) is 12.7 Å². The number of allylic oxidation sites excluding steroid dienone is 1. The van der Waals surface area contributed by atoms with Crippen LogP contribution in [0.3, 0.4) is 0 Å². The minimum Gasteiger partial charge on any atom is -0.414 e. The number of unbranched alkanes of at least 4 members (excludes halogenated alkanes) is 1. The predicted octanol–water partition coefficient (Wildman–Crippen LogP) is 5.49. The monoisotopic (exact) mass is 298 g/mol. The molecule has 0 bridgehead atoms. The van der Waals surface area contributed by atoms with Gasteiger partial charge in [0.2, 0.25) is 0 Å². The molecule has 0 saturated carbocycles. The summed E-state index contributed by atoms with van der Waals surface area (Å²) in [6, 6.07) is 0. The van der Waals surface area contributed by atoms with Crippen LogP contribution in [0.15, 0.2) is 12.7 Å². The van der Waals surface area contributed by atoms with Crippen LogP contribution < -0.4 is 0 Å². The van der Waals surface area contributed by atoms with Gasteiger partial charge in [0.1, 0.15) is 5.78 Å². The minimum absolute atomic E-state index is 0.252. The fourth-order valence-electron chi connectivity index (χ4n) is 1.89. The SMILES string of the molecule is C=CCCCC(=O)CCC[C@@H](C)O[Si](C)(C)C(C)(C)C. The van der Waals surface area contributed by atoms with E-state index in [-0.39, 0.29) is 11.1 Å². The fraction of sp³-hybridized carbons (Fsp3) is 0.824. The van der Waals surface area contributed by atoms with Gasteiger partial charge in [-0.05, 0) is 50.7 Å². The van der Waals surface area contributed by atoms with Crippen LogP contribution in [0.2, 0.25) is 18.1 Å². The smallest absolute Gasteiger partial charge is 0.192 e. The predicted molar refractivity (Wildman–Crippen MR) is 90.7 cm³/mol. The standard InChI is InChI=1S/C17H34O2Si/c1-8-9-10-13-16(18)14-11-12-15(2)19-20(6,7)17(3,4)5/h8,15H,1,9-14H2,2-7H3/t15-/m1/s1. The molecule has 0 aromatic rings. The molecule has 0 radical (unpaired) electrons. The maximum atomic E-state index is 11.7. The highest BCUT2D eigenvalue weighted by Crippen LogP contribution is 2.37. The maximum Gasteiger partial charge on any atom is 0.192 e. The quantitative estimate of drug-likeness (QED) is 0.303. The summed E-state index contributed by atoms with van der Waals surface area (Å²) in [6.07, 6.45) is 7.35. The Balaban J connectivity index is 3.92. The Morgan fingerprint density at radius 1 is 1.25 bits per heavy atom. The number of Topliss-reactive ketones (excluding diaryl/α,β-unsaturated/α-hetero) is 1. The van der Waals surface area contributed by atoms with Crippen LogP contribution >= 0.6 is 0 Å². The first kappa shape index (κ1) is 19.6. The van der Waals surface area contributed by atoms with Gasteiger partial charge in [-0.25, -0.2) is 0 Å². The molecule has 2 nitrogen and oxygen atoms in total. The van der Waals surface area contributed by atoms with Crippen LogP contribution in [-0.4, -0.2) is 20.2 Å². The van der Waals surface area contributed by atoms with Crippen molar-refractivity contribution >= 4 is 14.1 Å². The molecule has 0 heterocycles. The molecule has 0 spiro atoms. The van der Waals surface area contributed by atoms with Crippen molar-refractivity contribution < 1.29 is 9.22 Å². The van der Waals surface area contributed by atoms with Crippen LogP contribution in [0.5, 0.6) is 0 Å². The highest BCUT2D eigenvalue weighted by atomic mass is 28.4. The second kappa shape index (κ2) is 8.78. The average molecular weight is 299 g/mol. The summed E-state index contributed by atoms with van der Waals surface area (Å²) in [6.45, 7) is 17.2. The Labute approximate surface area is 127 Å². The van der Waals surface area contributed by atoms with E-state index in [9.17, 15) is 4.79 Å². The Kier molecular flexibility index (Phi) is 8.60. The van der Waals surface area contributed by atoms with Gasteiger partial charge in [0.05, 0.1) is 0 Å². The summed E-state index contributed by atoms with van der Waals surface area (Å²) in [5.74, 6) is 0.381. The minimum atomic E-state index is -1.67. The van der Waals surface area contributed by atoms with Gasteiger partial charge in [0, 0.05) is 18.9 Å². The van der Waals surface area contributed by atoms with Gasteiger partial charge >= 0.3 is 0 Å². The van der Waals surface area contributed by atoms with Gasteiger partial charge in [0.25, 0.3) is 0 Å². The zero-order chi connectivity index (χ0) is 15.8. The number of rotatable bonds is 10. The summed E-state index contributed by atoms with van der Waals surface area (Å²) in [4.78, 5) is 11.7. The van der Waals surface area contributed by atoms with Crippen LogP contribution in [0.1, 0.15) is 66.2 Å². The van der Waals surface area contributed by atoms with Crippen LogP contribution in [-0.2, 0) is 9.22 Å². The number of carbonyl (C=O) groups is 1. The van der Waals surface area contributed by atoms with E-state index in [4.69, 9.17) is 4.43 Å². The number of hydrogen-bond donors (Lipinski definition) is 0. The van der Waals surface area contributed by atoms with Crippen LogP contribution in [0, 0.1) is 0 Å². The molecule has 118 valence electrons. The van der Waals surface area contributed by atoms with Crippen molar-refractivity contribution in [1.29, 1.82) is 0 Å². The molecule has 0 aromatic carbocycles. The summed E-state index contributed by atoms with van der Waals surface area (Å²) in [5.41, 5.74) is 0. The summed E-state index contributed by atoms with van der Waals surface area (Å²) >= 11 is 0. The van der Waals surface area contributed by atoms with E-state index in [0.717, 1.165) is 25.7 Å². The number of ketones is 1. The van der Waals surface area contributed by atoms with Gasteiger partial charge in [0.15, 0.2) is 8.32 Å². The summed E-state index contributed by atoms with van der Waals surface area (Å²) in [5, 5.41) is 0.252. The molecule has 0 aromatic heterocycles. The van der Waals surface area contributed by atoms with E-state index in [1.54, 1.807) is 0 Å². The molecule has 0 saturated heterocycles. The fourth-order valence-corrected chi connectivity index (χ4v) is 3.37. The molecule has 0 aliphatic carbocycles. The van der Waals surface area contributed by atoms with Gasteiger partial charge in [-0.2, -0.15) is 0 Å². The van der Waals surface area contributed by atoms with E-state index in [1.165, 1.54) is 0 Å². The summed E-state index contributed by atoms with van der Waals surface area (Å²) in [7, 11) is -1.67. The lowest BCUT2D eigenvalue weighted by molar-refractivity contribution is -0.119. The molecule has 0 N–H and O–H groups in total. The molecular weight excluding hydrogens is 264 g/mol. The van der Waals surface area contributed by atoms with Crippen LogP contribution in [0.4, 0.5) is 0 Å². The largest absolute Gasteiger partial charge is 0.414 e. The Bertz CT molecular complexity index is 303. The van der Waals surface area contributed by atoms with Crippen LogP contribution in [0.25, 0.3) is 0 Å². The van der Waals surface area contributed by atoms with Gasteiger partial charge in [-0.15, -0.1) is 6.58 Å². The van der Waals surface area contributed by atoms with Gasteiger partial charge < -0.3 is 4.43 Å². The first-order valence-electron chi connectivity index (χ1n) is 7.90. The van der Waals surface area contributed by atoms with Crippen molar-refractivity contribution in [1.82, 2.24) is 0 Å². The molecule has 3 heteroatoms. The third-order valence-corrected chi connectivity index (χ3v) is 8.84. The molecule has 0 aliphatic heterocycles. The molecule has 0 fully saturated rings. The zero-order valence-corrected chi connectivity index (χ0v) is 15.4. The lowest BCUT2D eigenvalue weighted by Crippen LogP contribution is -2.43. The van der Waals surface area contributed by atoms with Gasteiger partial charge in [-0.3, -0.25) is 4.79 Å². The average Bonchev–Trinajstić information content (AvgIpc) is 2.27. The molecule has 0 rings (SSSR count). The van der Waals surface area contributed by atoms with Crippen molar-refractivity contribution in [2.24, 2.45) is 0 Å². The molecular formula is C17H34O2Si. The highest BCUT2D eigenvalue weighted by Gasteiger charge is 2.38. The molecule has 20 heavy (non-hydrogen) atoms. The number of hydrogen-bond acceptors (Lipinski definition) is 2.